The van der Waals surface area contributed by atoms with Crippen molar-refractivity contribution < 1.29 is 4.39 Å². The Labute approximate surface area is 78.8 Å². The highest BCUT2D eigenvalue weighted by Gasteiger charge is 2.08. The average molecular weight is 181 g/mol. The minimum atomic E-state index is -0.353. The lowest BCUT2D eigenvalue weighted by Gasteiger charge is -2.13. The maximum atomic E-state index is 12.1. The summed E-state index contributed by atoms with van der Waals surface area (Å²) in [6.07, 6.45) is 0.407. The van der Waals surface area contributed by atoms with Gasteiger partial charge in [-0.05, 0) is 31.4 Å². The van der Waals surface area contributed by atoms with Crippen molar-refractivity contribution in [1.82, 2.24) is 0 Å². The lowest BCUT2D eigenvalue weighted by molar-refractivity contribution is 0.441. The molecular formula is C11H16FN. The van der Waals surface area contributed by atoms with E-state index in [0.717, 1.165) is 11.1 Å². The zero-order valence-corrected chi connectivity index (χ0v) is 8.18. The normalized spacial score (nSPS) is 12.9. The molecule has 0 saturated heterocycles. The Hall–Kier alpha value is -0.890. The minimum absolute atomic E-state index is 0.162. The van der Waals surface area contributed by atoms with Crippen LogP contribution in [0.3, 0.4) is 0 Å². The molecule has 0 aliphatic carbocycles. The molecular weight excluding hydrogens is 165 g/mol. The molecule has 13 heavy (non-hydrogen) atoms. The molecule has 0 fully saturated rings. The highest BCUT2D eigenvalue weighted by atomic mass is 19.1. The summed E-state index contributed by atoms with van der Waals surface area (Å²) in [4.78, 5) is 0. The Morgan fingerprint density at radius 1 is 1.38 bits per heavy atom. The Balaban J connectivity index is 2.91. The fourth-order valence-corrected chi connectivity index (χ4v) is 1.43. The van der Waals surface area contributed by atoms with Crippen LogP contribution >= 0.6 is 0 Å². The van der Waals surface area contributed by atoms with E-state index in [-0.39, 0.29) is 12.7 Å². The molecule has 2 heteroatoms. The molecule has 0 amide bonds. The van der Waals surface area contributed by atoms with E-state index in [0.29, 0.717) is 6.42 Å². The minimum Gasteiger partial charge on any atom is -0.324 e. The van der Waals surface area contributed by atoms with Crippen molar-refractivity contribution in [2.75, 3.05) is 6.67 Å². The van der Waals surface area contributed by atoms with Crippen LogP contribution in [0.4, 0.5) is 4.39 Å². The predicted molar refractivity (Wildman–Crippen MR) is 53.4 cm³/mol. The van der Waals surface area contributed by atoms with Crippen LogP contribution in [0.25, 0.3) is 0 Å². The topological polar surface area (TPSA) is 26.0 Å². The van der Waals surface area contributed by atoms with Crippen molar-refractivity contribution in [1.29, 1.82) is 0 Å². The molecule has 72 valence electrons. The van der Waals surface area contributed by atoms with Crippen molar-refractivity contribution in [3.63, 3.8) is 0 Å². The van der Waals surface area contributed by atoms with Crippen LogP contribution in [0.1, 0.15) is 29.2 Å². The standard InChI is InChI=1S/C11H16FN/c1-8-3-4-9(2)10(7-8)11(13)5-6-12/h3-4,7,11H,5-6,13H2,1-2H3/t11-/m1/s1. The van der Waals surface area contributed by atoms with Crippen molar-refractivity contribution in [3.8, 4) is 0 Å². The summed E-state index contributed by atoms with van der Waals surface area (Å²) >= 11 is 0. The third-order valence-electron chi connectivity index (χ3n) is 2.25. The van der Waals surface area contributed by atoms with Crippen molar-refractivity contribution in [2.24, 2.45) is 5.73 Å². The molecule has 1 rings (SSSR count). The van der Waals surface area contributed by atoms with E-state index in [9.17, 15) is 4.39 Å². The molecule has 0 unspecified atom stereocenters. The smallest absolute Gasteiger partial charge is 0.0912 e. The first-order valence-electron chi connectivity index (χ1n) is 4.54. The second-order valence-electron chi connectivity index (χ2n) is 3.44. The predicted octanol–water partition coefficient (Wildman–Crippen LogP) is 2.66. The maximum absolute atomic E-state index is 12.1. The largest absolute Gasteiger partial charge is 0.324 e. The third kappa shape index (κ3) is 2.52. The van der Waals surface area contributed by atoms with E-state index >= 15 is 0 Å². The van der Waals surface area contributed by atoms with Crippen LogP contribution in [0.15, 0.2) is 18.2 Å². The SMILES string of the molecule is Cc1ccc(C)c([C@H](N)CCF)c1. The van der Waals surface area contributed by atoms with Gasteiger partial charge in [0, 0.05) is 6.04 Å². The average Bonchev–Trinajstić information content (AvgIpc) is 2.09. The van der Waals surface area contributed by atoms with Gasteiger partial charge >= 0.3 is 0 Å². The second kappa shape index (κ2) is 4.38. The molecule has 0 spiro atoms. The summed E-state index contributed by atoms with van der Waals surface area (Å²) < 4.78 is 12.1. The molecule has 1 nitrogen and oxygen atoms in total. The molecule has 1 atom stereocenters. The zero-order valence-electron chi connectivity index (χ0n) is 8.18. The van der Waals surface area contributed by atoms with Gasteiger partial charge in [-0.25, -0.2) is 0 Å². The Bertz CT molecular complexity index is 283. The van der Waals surface area contributed by atoms with Crippen LogP contribution in [0, 0.1) is 13.8 Å². The first kappa shape index (κ1) is 10.2. The van der Waals surface area contributed by atoms with Gasteiger partial charge < -0.3 is 5.73 Å². The van der Waals surface area contributed by atoms with Gasteiger partial charge in [0.2, 0.25) is 0 Å². The number of alkyl halides is 1. The van der Waals surface area contributed by atoms with Gasteiger partial charge in [0.1, 0.15) is 0 Å². The highest BCUT2D eigenvalue weighted by Crippen LogP contribution is 2.19. The Morgan fingerprint density at radius 3 is 2.69 bits per heavy atom. The fraction of sp³-hybridized carbons (Fsp3) is 0.455. The molecule has 2 N–H and O–H groups in total. The number of aryl methyl sites for hydroxylation is 2. The van der Waals surface area contributed by atoms with Crippen LogP contribution in [0.2, 0.25) is 0 Å². The number of halogens is 1. The van der Waals surface area contributed by atoms with Gasteiger partial charge in [0.25, 0.3) is 0 Å². The second-order valence-corrected chi connectivity index (χ2v) is 3.44. The van der Waals surface area contributed by atoms with Crippen LogP contribution < -0.4 is 5.73 Å². The van der Waals surface area contributed by atoms with E-state index in [1.54, 1.807) is 0 Å². The molecule has 1 aromatic carbocycles. The summed E-state index contributed by atoms with van der Waals surface area (Å²) in [5.41, 5.74) is 9.22. The Kier molecular flexibility index (Phi) is 3.43. The van der Waals surface area contributed by atoms with Gasteiger partial charge in [-0.1, -0.05) is 23.8 Å². The number of hydrogen-bond donors (Lipinski definition) is 1. The van der Waals surface area contributed by atoms with Crippen molar-refractivity contribution in [2.45, 2.75) is 26.3 Å². The lowest BCUT2D eigenvalue weighted by Crippen LogP contribution is -2.12. The van der Waals surface area contributed by atoms with Crippen LogP contribution in [-0.2, 0) is 0 Å². The maximum Gasteiger partial charge on any atom is 0.0912 e. The van der Waals surface area contributed by atoms with Crippen LogP contribution in [0.5, 0.6) is 0 Å². The number of nitrogens with two attached hydrogens (primary N) is 1. The first-order chi connectivity index (χ1) is 6.15. The van der Waals surface area contributed by atoms with E-state index in [4.69, 9.17) is 5.73 Å². The highest BCUT2D eigenvalue weighted by molar-refractivity contribution is 5.32. The van der Waals surface area contributed by atoms with Gasteiger partial charge in [-0.2, -0.15) is 0 Å². The van der Waals surface area contributed by atoms with Crippen molar-refractivity contribution in [3.05, 3.63) is 34.9 Å². The van der Waals surface area contributed by atoms with E-state index in [1.807, 2.05) is 32.0 Å². The van der Waals surface area contributed by atoms with Gasteiger partial charge in [0.05, 0.1) is 6.67 Å². The fourth-order valence-electron chi connectivity index (χ4n) is 1.43. The molecule has 0 aliphatic rings. The molecule has 0 bridgehead atoms. The number of benzene rings is 1. The summed E-state index contributed by atoms with van der Waals surface area (Å²) in [7, 11) is 0. The van der Waals surface area contributed by atoms with E-state index in [2.05, 4.69) is 0 Å². The van der Waals surface area contributed by atoms with Gasteiger partial charge in [0.15, 0.2) is 0 Å². The van der Waals surface area contributed by atoms with Crippen LogP contribution in [-0.4, -0.2) is 6.67 Å². The first-order valence-corrected chi connectivity index (χ1v) is 4.54. The summed E-state index contributed by atoms with van der Waals surface area (Å²) in [5.74, 6) is 0. The molecule has 0 saturated carbocycles. The molecule has 0 aromatic heterocycles. The summed E-state index contributed by atoms with van der Waals surface area (Å²) in [6, 6.07) is 5.95. The van der Waals surface area contributed by atoms with Gasteiger partial charge in [-0.15, -0.1) is 0 Å². The lowest BCUT2D eigenvalue weighted by atomic mass is 9.98. The molecule has 1 aromatic rings. The Morgan fingerprint density at radius 2 is 2.08 bits per heavy atom. The summed E-state index contributed by atoms with van der Waals surface area (Å²) in [5, 5.41) is 0. The van der Waals surface area contributed by atoms with E-state index < -0.39 is 0 Å². The third-order valence-corrected chi connectivity index (χ3v) is 2.25. The number of hydrogen-bond acceptors (Lipinski definition) is 1. The summed E-state index contributed by atoms with van der Waals surface area (Å²) in [6.45, 7) is 3.67. The monoisotopic (exact) mass is 181 g/mol. The molecule has 0 radical (unpaired) electrons. The molecule has 0 heterocycles. The zero-order chi connectivity index (χ0) is 9.84. The van der Waals surface area contributed by atoms with E-state index in [1.165, 1.54) is 5.56 Å². The van der Waals surface area contributed by atoms with Gasteiger partial charge in [-0.3, -0.25) is 4.39 Å². The quantitative estimate of drug-likeness (QED) is 0.762. The molecule has 0 aliphatic heterocycles. The van der Waals surface area contributed by atoms with Crippen molar-refractivity contribution >= 4 is 0 Å². The number of rotatable bonds is 3.